The topological polar surface area (TPSA) is 148 Å². The number of aliphatic hydroxyl groups excluding tert-OH is 1. The summed E-state index contributed by atoms with van der Waals surface area (Å²) < 4.78 is 54.3. The molecule has 0 spiro atoms. The van der Waals surface area contributed by atoms with Crippen LogP contribution in [-0.2, 0) is 20.0 Å². The van der Waals surface area contributed by atoms with Crippen molar-refractivity contribution in [2.24, 2.45) is 5.14 Å². The number of aryl methyl sites for hydroxylation is 1. The predicted molar refractivity (Wildman–Crippen MR) is 116 cm³/mol. The van der Waals surface area contributed by atoms with E-state index in [9.17, 15) is 21.9 Å². The summed E-state index contributed by atoms with van der Waals surface area (Å²) in [5, 5.41) is 18.0. The molecule has 2 rings (SSSR count). The smallest absolute Gasteiger partial charge is 0.251 e. The second-order valence-electron chi connectivity index (χ2n) is 6.25. The van der Waals surface area contributed by atoms with E-state index in [1.807, 2.05) is 13.0 Å². The van der Waals surface area contributed by atoms with Crippen LogP contribution in [0.1, 0.15) is 5.56 Å². The quantitative estimate of drug-likeness (QED) is 0.328. The van der Waals surface area contributed by atoms with E-state index < -0.39 is 26.2 Å². The first-order valence-corrected chi connectivity index (χ1v) is 13.1. The highest BCUT2D eigenvalue weighted by atomic mass is 35.5. The van der Waals surface area contributed by atoms with Gasteiger partial charge in [0.25, 0.3) is 10.0 Å². The number of nitrogens with one attached hydrogen (secondary N) is 2. The minimum atomic E-state index is -4.05. The highest BCUT2D eigenvalue weighted by molar-refractivity contribution is 7.94. The number of benzene rings is 1. The second-order valence-corrected chi connectivity index (χ2v) is 11.9. The Balaban J connectivity index is 1.76. The molecule has 2 aromatic rings. The Morgan fingerprint density at radius 1 is 1.17 bits per heavy atom. The molecule has 0 fully saturated rings. The number of hydrogen-bond donors (Lipinski definition) is 4. The number of aliphatic hydroxyl groups is 1. The minimum Gasteiger partial charge on any atom is -0.489 e. The number of primary sulfonamides is 1. The second kappa shape index (κ2) is 10.6. The molecule has 0 aliphatic carbocycles. The van der Waals surface area contributed by atoms with Crippen molar-refractivity contribution in [3.05, 3.63) is 39.9 Å². The van der Waals surface area contributed by atoms with Crippen LogP contribution in [0.3, 0.4) is 0 Å². The maximum Gasteiger partial charge on any atom is 0.251 e. The van der Waals surface area contributed by atoms with E-state index in [2.05, 4.69) is 10.0 Å². The molecular formula is C16H21Cl2N3O6S3. The number of sulfonamides is 2. The van der Waals surface area contributed by atoms with Gasteiger partial charge in [-0.3, -0.25) is 0 Å². The molecule has 0 unspecified atom stereocenters. The van der Waals surface area contributed by atoms with Crippen LogP contribution in [0, 0.1) is 6.92 Å². The number of halogens is 2. The molecular weight excluding hydrogens is 497 g/mol. The Morgan fingerprint density at radius 2 is 1.87 bits per heavy atom. The zero-order valence-electron chi connectivity index (χ0n) is 15.8. The van der Waals surface area contributed by atoms with Crippen LogP contribution in [0.5, 0.6) is 5.75 Å². The Bertz CT molecular complexity index is 1090. The molecule has 0 bridgehead atoms. The van der Waals surface area contributed by atoms with E-state index in [1.165, 1.54) is 0 Å². The van der Waals surface area contributed by atoms with Crippen LogP contribution in [0.2, 0.25) is 10.0 Å². The minimum absolute atomic E-state index is 0.00302. The Morgan fingerprint density at radius 3 is 2.50 bits per heavy atom. The van der Waals surface area contributed by atoms with Crippen LogP contribution in [-0.4, -0.2) is 54.3 Å². The van der Waals surface area contributed by atoms with Crippen LogP contribution >= 0.6 is 34.5 Å². The van der Waals surface area contributed by atoms with Gasteiger partial charge in [-0.05, 0) is 30.7 Å². The third-order valence-electron chi connectivity index (χ3n) is 3.65. The molecule has 14 heteroatoms. The summed E-state index contributed by atoms with van der Waals surface area (Å²) in [6.07, 6.45) is -0.845. The first-order chi connectivity index (χ1) is 13.9. The van der Waals surface area contributed by atoms with E-state index in [-0.39, 0.29) is 39.7 Å². The van der Waals surface area contributed by atoms with Crippen molar-refractivity contribution >= 4 is 54.6 Å². The van der Waals surface area contributed by atoms with Crippen molar-refractivity contribution in [3.63, 3.8) is 0 Å². The summed E-state index contributed by atoms with van der Waals surface area (Å²) in [6.45, 7) is 2.23. The lowest BCUT2D eigenvalue weighted by Crippen LogP contribution is -2.37. The summed E-state index contributed by atoms with van der Waals surface area (Å²) in [5.41, 5.74) is 0.969. The summed E-state index contributed by atoms with van der Waals surface area (Å²) >= 11 is 12.3. The van der Waals surface area contributed by atoms with Gasteiger partial charge >= 0.3 is 0 Å². The number of rotatable bonds is 11. The average Bonchev–Trinajstić information content (AvgIpc) is 3.05. The van der Waals surface area contributed by atoms with Gasteiger partial charge in [0, 0.05) is 19.6 Å². The molecule has 9 nitrogen and oxygen atoms in total. The van der Waals surface area contributed by atoms with Gasteiger partial charge in [0.15, 0.2) is 4.21 Å². The number of hydrogen-bond acceptors (Lipinski definition) is 8. The van der Waals surface area contributed by atoms with E-state index in [0.717, 1.165) is 11.6 Å². The molecule has 0 aliphatic heterocycles. The van der Waals surface area contributed by atoms with E-state index in [0.29, 0.717) is 22.1 Å². The van der Waals surface area contributed by atoms with Crippen molar-refractivity contribution in [3.8, 4) is 5.75 Å². The molecule has 1 aromatic carbocycles. The third-order valence-corrected chi connectivity index (χ3v) is 9.03. The van der Waals surface area contributed by atoms with E-state index in [1.54, 1.807) is 12.1 Å². The maximum atomic E-state index is 12.3. The van der Waals surface area contributed by atoms with Gasteiger partial charge in [-0.15, -0.1) is 11.3 Å². The fourth-order valence-electron chi connectivity index (χ4n) is 2.23. The van der Waals surface area contributed by atoms with Gasteiger partial charge in [-0.1, -0.05) is 29.3 Å². The Kier molecular flexibility index (Phi) is 8.92. The Hall–Kier alpha value is -0.960. The normalized spacial score (nSPS) is 13.4. The van der Waals surface area contributed by atoms with Crippen LogP contribution in [0.25, 0.3) is 0 Å². The van der Waals surface area contributed by atoms with Gasteiger partial charge in [-0.25, -0.2) is 26.7 Å². The molecule has 1 aromatic heterocycles. The first-order valence-electron chi connectivity index (χ1n) is 8.49. The molecule has 1 atom stereocenters. The zero-order valence-corrected chi connectivity index (χ0v) is 19.7. The van der Waals surface area contributed by atoms with Crippen LogP contribution in [0.4, 0.5) is 0 Å². The molecule has 30 heavy (non-hydrogen) atoms. The van der Waals surface area contributed by atoms with Crippen molar-refractivity contribution in [2.75, 3.05) is 26.2 Å². The van der Waals surface area contributed by atoms with Gasteiger partial charge < -0.3 is 15.2 Å². The summed E-state index contributed by atoms with van der Waals surface area (Å²) in [6, 6.07) is 6.29. The number of ether oxygens (including phenoxy) is 1. The number of nitrogens with two attached hydrogens (primary N) is 1. The predicted octanol–water partition coefficient (Wildman–Crippen LogP) is 1.32. The highest BCUT2D eigenvalue weighted by Crippen LogP contribution is 2.33. The monoisotopic (exact) mass is 517 g/mol. The third kappa shape index (κ3) is 7.32. The summed E-state index contributed by atoms with van der Waals surface area (Å²) in [7, 11) is -8.06. The molecule has 0 aliphatic rings. The molecule has 0 saturated heterocycles. The lowest BCUT2D eigenvalue weighted by Gasteiger charge is -2.14. The van der Waals surface area contributed by atoms with Crippen LogP contribution in [0.15, 0.2) is 32.7 Å². The van der Waals surface area contributed by atoms with E-state index in [4.69, 9.17) is 33.1 Å². The van der Waals surface area contributed by atoms with Gasteiger partial charge in [0.05, 0.1) is 10.0 Å². The lowest BCUT2D eigenvalue weighted by atomic mass is 10.2. The molecule has 0 amide bonds. The van der Waals surface area contributed by atoms with Gasteiger partial charge in [0.1, 0.15) is 22.7 Å². The summed E-state index contributed by atoms with van der Waals surface area (Å²) in [5.74, 6) is 0.468. The molecule has 1 heterocycles. The highest BCUT2D eigenvalue weighted by Gasteiger charge is 2.24. The SMILES string of the molecule is Cc1ccc(Cl)c(OC[C@@H](O)CNCCNS(=O)(=O)c2sc(S(N)(=O)=O)cc2Cl)c1. The zero-order chi connectivity index (χ0) is 22.5. The van der Waals surface area contributed by atoms with Crippen molar-refractivity contribution < 1.29 is 26.7 Å². The van der Waals surface area contributed by atoms with Crippen molar-refractivity contribution in [1.29, 1.82) is 0 Å². The fraction of sp³-hybridized carbons (Fsp3) is 0.375. The molecule has 0 saturated carbocycles. The van der Waals surface area contributed by atoms with Gasteiger partial charge in [-0.2, -0.15) is 0 Å². The molecule has 168 valence electrons. The molecule has 5 N–H and O–H groups in total. The Labute approximate surface area is 189 Å². The summed E-state index contributed by atoms with van der Waals surface area (Å²) in [4.78, 5) is 0. The molecule has 0 radical (unpaired) electrons. The lowest BCUT2D eigenvalue weighted by molar-refractivity contribution is 0.107. The largest absolute Gasteiger partial charge is 0.489 e. The van der Waals surface area contributed by atoms with Gasteiger partial charge in [0.2, 0.25) is 10.0 Å². The van der Waals surface area contributed by atoms with E-state index >= 15 is 0 Å². The standard InChI is InChI=1S/C16H21Cl2N3O6S3/c1-10-2-3-12(17)14(6-10)27-9-11(22)8-20-4-5-21-30(25,26)16-13(18)7-15(28-16)29(19,23)24/h2-3,6-7,11,20-22H,4-5,8-9H2,1H3,(H2,19,23,24)/t11-/m0/s1. The van der Waals surface area contributed by atoms with Crippen molar-refractivity contribution in [2.45, 2.75) is 21.4 Å². The number of thiophene rings is 1. The maximum absolute atomic E-state index is 12.3. The first kappa shape index (κ1) is 25.3. The van der Waals surface area contributed by atoms with Crippen LogP contribution < -0.4 is 19.9 Å². The van der Waals surface area contributed by atoms with Crippen molar-refractivity contribution in [1.82, 2.24) is 10.0 Å². The fourth-order valence-corrected chi connectivity index (χ4v) is 6.43. The average molecular weight is 518 g/mol.